The van der Waals surface area contributed by atoms with E-state index in [0.29, 0.717) is 29.1 Å². The van der Waals surface area contributed by atoms with Crippen molar-refractivity contribution in [3.63, 3.8) is 0 Å². The Hall–Kier alpha value is -4.11. The molecule has 0 heterocycles. The molecule has 0 aliphatic rings. The third-order valence-electron chi connectivity index (χ3n) is 4.33. The molecular weight excluding hydrogens is 378 g/mol. The van der Waals surface area contributed by atoms with Crippen LogP contribution in [0.15, 0.2) is 78.9 Å². The summed E-state index contributed by atoms with van der Waals surface area (Å²) in [5.41, 5.74) is 2.42. The quantitative estimate of drug-likeness (QED) is 0.630. The molecule has 1 atom stereocenters. The van der Waals surface area contributed by atoms with Crippen molar-refractivity contribution in [2.24, 2.45) is 0 Å². The van der Waals surface area contributed by atoms with Crippen LogP contribution in [0.4, 0.5) is 5.69 Å². The number of carbonyl (C=O) groups is 2. The van der Waals surface area contributed by atoms with E-state index in [9.17, 15) is 9.59 Å². The third kappa shape index (κ3) is 5.69. The van der Waals surface area contributed by atoms with Gasteiger partial charge in [-0.1, -0.05) is 42.5 Å². The number of nitrogens with zero attached hydrogens (tertiary/aromatic N) is 1. The van der Waals surface area contributed by atoms with E-state index in [2.05, 4.69) is 10.6 Å². The van der Waals surface area contributed by atoms with Gasteiger partial charge in [-0.3, -0.25) is 9.59 Å². The summed E-state index contributed by atoms with van der Waals surface area (Å²) >= 11 is 0. The maximum Gasteiger partial charge on any atom is 0.265 e. The zero-order valence-corrected chi connectivity index (χ0v) is 16.5. The minimum absolute atomic E-state index is 0.227. The van der Waals surface area contributed by atoms with Gasteiger partial charge in [0.15, 0.2) is 6.10 Å². The second kappa shape index (κ2) is 9.89. The average molecular weight is 399 g/mol. The Labute approximate surface area is 175 Å². The van der Waals surface area contributed by atoms with E-state index < -0.39 is 6.10 Å². The molecule has 3 aromatic rings. The lowest BCUT2D eigenvalue weighted by Gasteiger charge is -2.15. The molecule has 0 aromatic heterocycles. The number of nitrogens with one attached hydrogen (secondary N) is 2. The Morgan fingerprint density at radius 1 is 1.00 bits per heavy atom. The van der Waals surface area contributed by atoms with Crippen LogP contribution in [0.25, 0.3) is 0 Å². The first-order valence-electron chi connectivity index (χ1n) is 9.45. The van der Waals surface area contributed by atoms with Gasteiger partial charge in [-0.15, -0.1) is 0 Å². The van der Waals surface area contributed by atoms with E-state index in [1.165, 1.54) is 0 Å². The Morgan fingerprint density at radius 2 is 1.77 bits per heavy atom. The Balaban J connectivity index is 1.59. The summed E-state index contributed by atoms with van der Waals surface area (Å²) in [6.07, 6.45) is -0.793. The topological polar surface area (TPSA) is 91.2 Å². The lowest BCUT2D eigenvalue weighted by molar-refractivity contribution is -0.122. The van der Waals surface area contributed by atoms with E-state index in [0.717, 1.165) is 5.56 Å². The lowest BCUT2D eigenvalue weighted by atomic mass is 10.2. The van der Waals surface area contributed by atoms with Crippen LogP contribution < -0.4 is 15.4 Å². The first-order valence-corrected chi connectivity index (χ1v) is 9.45. The summed E-state index contributed by atoms with van der Waals surface area (Å²) in [5.74, 6) is -0.172. The molecule has 3 rings (SSSR count). The zero-order chi connectivity index (χ0) is 21.3. The highest BCUT2D eigenvalue weighted by atomic mass is 16.5. The lowest BCUT2D eigenvalue weighted by Crippen LogP contribution is -2.30. The van der Waals surface area contributed by atoms with Crippen molar-refractivity contribution in [1.29, 1.82) is 5.26 Å². The molecule has 0 fully saturated rings. The van der Waals surface area contributed by atoms with Gasteiger partial charge in [0.05, 0.1) is 11.6 Å². The molecule has 0 unspecified atom stereocenters. The highest BCUT2D eigenvalue weighted by Gasteiger charge is 2.16. The molecule has 6 nitrogen and oxygen atoms in total. The Morgan fingerprint density at radius 3 is 2.53 bits per heavy atom. The Bertz CT molecular complexity index is 1070. The van der Waals surface area contributed by atoms with Gasteiger partial charge in [0.1, 0.15) is 5.75 Å². The van der Waals surface area contributed by atoms with E-state index in [-0.39, 0.29) is 11.8 Å². The van der Waals surface area contributed by atoms with Crippen LogP contribution in [0.2, 0.25) is 0 Å². The van der Waals surface area contributed by atoms with Gasteiger partial charge in [-0.05, 0) is 48.9 Å². The Kier molecular flexibility index (Phi) is 6.80. The van der Waals surface area contributed by atoms with Crippen molar-refractivity contribution in [2.45, 2.75) is 19.6 Å². The number of carbonyl (C=O) groups excluding carboxylic acids is 2. The summed E-state index contributed by atoms with van der Waals surface area (Å²) < 4.78 is 5.70. The third-order valence-corrected chi connectivity index (χ3v) is 4.33. The summed E-state index contributed by atoms with van der Waals surface area (Å²) in [7, 11) is 0. The van der Waals surface area contributed by atoms with Crippen molar-refractivity contribution in [3.05, 3.63) is 95.6 Å². The second-order valence-corrected chi connectivity index (χ2v) is 6.64. The number of ether oxygens (including phenoxy) is 1. The van der Waals surface area contributed by atoms with E-state index in [1.54, 1.807) is 55.5 Å². The number of hydrogen-bond donors (Lipinski definition) is 2. The summed E-state index contributed by atoms with van der Waals surface area (Å²) in [4.78, 5) is 24.8. The predicted octanol–water partition coefficient (Wildman–Crippen LogP) is 3.89. The summed E-state index contributed by atoms with van der Waals surface area (Å²) in [6, 6.07) is 25.0. The van der Waals surface area contributed by atoms with Crippen molar-refractivity contribution in [2.75, 3.05) is 5.32 Å². The van der Waals surface area contributed by atoms with Crippen LogP contribution in [0, 0.1) is 11.3 Å². The zero-order valence-electron chi connectivity index (χ0n) is 16.5. The van der Waals surface area contributed by atoms with Gasteiger partial charge in [0, 0.05) is 17.8 Å². The van der Waals surface area contributed by atoms with Gasteiger partial charge in [-0.25, -0.2) is 0 Å². The van der Waals surface area contributed by atoms with Gasteiger partial charge in [-0.2, -0.15) is 5.26 Å². The van der Waals surface area contributed by atoms with Crippen LogP contribution in [0.3, 0.4) is 0 Å². The fourth-order valence-corrected chi connectivity index (χ4v) is 2.76. The fourth-order valence-electron chi connectivity index (χ4n) is 2.76. The van der Waals surface area contributed by atoms with E-state index in [4.69, 9.17) is 10.00 Å². The first kappa shape index (κ1) is 20.6. The number of rotatable bonds is 7. The fraction of sp³-hybridized carbons (Fsp3) is 0.125. The van der Waals surface area contributed by atoms with Gasteiger partial charge >= 0.3 is 0 Å². The minimum Gasteiger partial charge on any atom is -0.481 e. The standard InChI is InChI=1S/C24H21N3O3/c1-17(23(28)27-21-11-5-9-19(13-21)15-25)30-22-12-6-10-20(14-22)24(29)26-16-18-7-3-2-4-8-18/h2-14,17H,16H2,1H3,(H,26,29)(H,27,28)/t17-/m0/s1. The average Bonchev–Trinajstić information content (AvgIpc) is 2.78. The second-order valence-electron chi connectivity index (χ2n) is 6.64. The van der Waals surface area contributed by atoms with Crippen molar-refractivity contribution in [1.82, 2.24) is 5.32 Å². The molecule has 0 saturated carbocycles. The molecule has 150 valence electrons. The van der Waals surface area contributed by atoms with Crippen molar-refractivity contribution in [3.8, 4) is 11.8 Å². The van der Waals surface area contributed by atoms with Crippen LogP contribution in [0.5, 0.6) is 5.75 Å². The molecular formula is C24H21N3O3. The molecule has 0 radical (unpaired) electrons. The summed E-state index contributed by atoms with van der Waals surface area (Å²) in [6.45, 7) is 2.04. The highest BCUT2D eigenvalue weighted by molar-refractivity contribution is 5.95. The monoisotopic (exact) mass is 399 g/mol. The van der Waals surface area contributed by atoms with Crippen LogP contribution in [0.1, 0.15) is 28.4 Å². The SMILES string of the molecule is C[C@H](Oc1cccc(C(=O)NCc2ccccc2)c1)C(=O)Nc1cccc(C#N)c1. The molecule has 0 spiro atoms. The highest BCUT2D eigenvalue weighted by Crippen LogP contribution is 2.17. The van der Waals surface area contributed by atoms with Crippen LogP contribution in [-0.4, -0.2) is 17.9 Å². The number of nitriles is 1. The predicted molar refractivity (Wildman–Crippen MR) is 114 cm³/mol. The maximum absolute atomic E-state index is 12.4. The smallest absolute Gasteiger partial charge is 0.265 e. The minimum atomic E-state index is -0.793. The molecule has 0 bridgehead atoms. The number of anilines is 1. The maximum atomic E-state index is 12.4. The van der Waals surface area contributed by atoms with E-state index >= 15 is 0 Å². The number of benzene rings is 3. The number of hydrogen-bond acceptors (Lipinski definition) is 4. The molecule has 2 N–H and O–H groups in total. The molecule has 0 saturated heterocycles. The normalized spacial score (nSPS) is 11.1. The molecule has 3 aromatic carbocycles. The molecule has 30 heavy (non-hydrogen) atoms. The van der Waals surface area contributed by atoms with Gasteiger partial charge in [0.25, 0.3) is 11.8 Å². The molecule has 2 amide bonds. The van der Waals surface area contributed by atoms with E-state index in [1.807, 2.05) is 36.4 Å². The molecule has 0 aliphatic heterocycles. The van der Waals surface area contributed by atoms with Crippen LogP contribution >= 0.6 is 0 Å². The molecule has 6 heteroatoms. The van der Waals surface area contributed by atoms with Gasteiger partial charge in [0.2, 0.25) is 0 Å². The van der Waals surface area contributed by atoms with Crippen molar-refractivity contribution >= 4 is 17.5 Å². The van der Waals surface area contributed by atoms with Gasteiger partial charge < -0.3 is 15.4 Å². The van der Waals surface area contributed by atoms with Crippen LogP contribution in [-0.2, 0) is 11.3 Å². The van der Waals surface area contributed by atoms with Crippen molar-refractivity contribution < 1.29 is 14.3 Å². The summed E-state index contributed by atoms with van der Waals surface area (Å²) in [5, 5.41) is 14.5. The number of amides is 2. The molecule has 0 aliphatic carbocycles. The largest absolute Gasteiger partial charge is 0.481 e. The first-order chi connectivity index (χ1) is 14.5.